The van der Waals surface area contributed by atoms with Crippen LogP contribution in [0.15, 0.2) is 273 Å². The van der Waals surface area contributed by atoms with Crippen molar-refractivity contribution in [1.29, 1.82) is 0 Å². The monoisotopic (exact) mass is 903 g/mol. The molecule has 14 rings (SSSR count). The zero-order valence-electron chi connectivity index (χ0n) is 38.8. The first kappa shape index (κ1) is 40.6. The third-order valence-corrected chi connectivity index (χ3v) is 14.4. The van der Waals surface area contributed by atoms with E-state index >= 15 is 0 Å². The predicted molar refractivity (Wildman–Crippen MR) is 301 cm³/mol. The maximum absolute atomic E-state index is 2.43. The van der Waals surface area contributed by atoms with E-state index in [-0.39, 0.29) is 0 Å². The molecule has 0 radical (unpaired) electrons. The van der Waals surface area contributed by atoms with Crippen LogP contribution in [0, 0.1) is 0 Å². The van der Waals surface area contributed by atoms with Gasteiger partial charge in [-0.2, -0.15) is 0 Å². The van der Waals surface area contributed by atoms with Gasteiger partial charge in [-0.05, 0) is 147 Å². The molecule has 0 spiro atoms. The molecule has 12 aromatic carbocycles. The van der Waals surface area contributed by atoms with Gasteiger partial charge in [0.05, 0.1) is 27.8 Å². The lowest BCUT2D eigenvalue weighted by atomic mass is 9.86. The zero-order chi connectivity index (χ0) is 46.8. The number of aromatic nitrogens is 2. The predicted octanol–water partition coefficient (Wildman–Crippen LogP) is 18.7. The molecule has 0 saturated carbocycles. The minimum absolute atomic E-state index is 1.11. The molecular formula is C68H45N3. The van der Waals surface area contributed by atoms with Gasteiger partial charge in [0, 0.05) is 55.1 Å². The number of hydrogen-bond acceptors (Lipinski definition) is 1. The minimum Gasteiger partial charge on any atom is -0.309 e. The number of benzene rings is 12. The highest BCUT2D eigenvalue weighted by atomic mass is 15.1. The van der Waals surface area contributed by atoms with E-state index in [1.807, 2.05) is 0 Å². The first-order chi connectivity index (χ1) is 35.2. The van der Waals surface area contributed by atoms with Gasteiger partial charge >= 0.3 is 0 Å². The fourth-order valence-electron chi connectivity index (χ4n) is 11.3. The lowest BCUT2D eigenvalue weighted by Gasteiger charge is -2.29. The molecule has 71 heavy (non-hydrogen) atoms. The summed E-state index contributed by atoms with van der Waals surface area (Å²) in [5, 5.41) is 9.69. The number of fused-ring (bicyclic) bond motifs is 8. The Morgan fingerprint density at radius 3 is 1.00 bits per heavy atom. The lowest BCUT2D eigenvalue weighted by molar-refractivity contribution is 1.18. The van der Waals surface area contributed by atoms with Crippen LogP contribution in [0.3, 0.4) is 0 Å². The van der Waals surface area contributed by atoms with Crippen molar-refractivity contribution in [1.82, 2.24) is 9.13 Å². The van der Waals surface area contributed by atoms with Crippen molar-refractivity contribution in [3.63, 3.8) is 0 Å². The Kier molecular flexibility index (Phi) is 9.53. The Balaban J connectivity index is 1.05. The van der Waals surface area contributed by atoms with Crippen LogP contribution in [0.25, 0.3) is 110 Å². The number of anilines is 3. The first-order valence-electron chi connectivity index (χ1n) is 24.4. The molecular weight excluding hydrogens is 859 g/mol. The molecule has 0 aliphatic rings. The van der Waals surface area contributed by atoms with E-state index < -0.39 is 0 Å². The van der Waals surface area contributed by atoms with Gasteiger partial charge in [0.2, 0.25) is 0 Å². The molecule has 14 aromatic rings. The summed E-state index contributed by atoms with van der Waals surface area (Å²) >= 11 is 0. The topological polar surface area (TPSA) is 13.1 Å². The van der Waals surface area contributed by atoms with E-state index in [1.165, 1.54) is 87.4 Å². The zero-order valence-corrected chi connectivity index (χ0v) is 38.8. The van der Waals surface area contributed by atoms with Crippen molar-refractivity contribution in [2.24, 2.45) is 0 Å². The van der Waals surface area contributed by atoms with E-state index in [9.17, 15) is 0 Å². The summed E-state index contributed by atoms with van der Waals surface area (Å²) in [6.07, 6.45) is 0. The standard InChI is InChI=1S/C68H45N3/c1-5-21-51(22-6-1)69(52-23-7-2-8-24-52)68-59-33-15-13-31-57(59)67(58-32-14-16-34-60(58)68)50-42-48(46-37-39-65-61(44-46)55-29-17-19-35-63(55)70(65)53-25-9-3-10-26-53)41-49(43-50)47-38-40-66-62(45-47)56-30-18-20-36-64(56)71(66)54-27-11-4-12-28-54/h1-45H. The molecule has 2 heterocycles. The Bertz CT molecular complexity index is 4050. The number of nitrogens with zero attached hydrogens (tertiary/aromatic N) is 3. The fraction of sp³-hybridized carbons (Fsp3) is 0. The maximum atomic E-state index is 2.43. The summed E-state index contributed by atoms with van der Waals surface area (Å²) in [5.74, 6) is 0. The molecule has 0 fully saturated rings. The average molecular weight is 904 g/mol. The second kappa shape index (κ2) is 16.7. The summed E-state index contributed by atoms with van der Waals surface area (Å²) < 4.78 is 4.79. The number of hydrogen-bond donors (Lipinski definition) is 0. The van der Waals surface area contributed by atoms with Crippen LogP contribution in [0.5, 0.6) is 0 Å². The molecule has 0 bridgehead atoms. The van der Waals surface area contributed by atoms with Crippen LogP contribution >= 0.6 is 0 Å². The van der Waals surface area contributed by atoms with Crippen molar-refractivity contribution in [3.05, 3.63) is 273 Å². The molecule has 0 saturated heterocycles. The molecule has 0 aliphatic carbocycles. The normalized spacial score (nSPS) is 11.7. The van der Waals surface area contributed by atoms with E-state index in [0.29, 0.717) is 0 Å². The summed E-state index contributed by atoms with van der Waals surface area (Å²) in [5.41, 5.74) is 17.5. The van der Waals surface area contributed by atoms with Crippen LogP contribution in [-0.2, 0) is 0 Å². The van der Waals surface area contributed by atoms with Crippen LogP contribution in [0.1, 0.15) is 0 Å². The van der Waals surface area contributed by atoms with E-state index in [4.69, 9.17) is 0 Å². The van der Waals surface area contributed by atoms with Gasteiger partial charge in [0.15, 0.2) is 0 Å². The SMILES string of the molecule is c1ccc(N(c2ccccc2)c2c3ccccc3c(-c3cc(-c4ccc5c(c4)c4ccccc4n5-c4ccccc4)cc(-c4ccc5c(c4)c4ccccc4n5-c4ccccc4)c3)c3ccccc23)cc1. The van der Waals surface area contributed by atoms with Gasteiger partial charge in [-0.3, -0.25) is 0 Å². The Morgan fingerprint density at radius 2 is 0.563 bits per heavy atom. The molecule has 0 unspecified atom stereocenters. The van der Waals surface area contributed by atoms with Crippen LogP contribution in [0.4, 0.5) is 17.1 Å². The van der Waals surface area contributed by atoms with Crippen molar-refractivity contribution < 1.29 is 0 Å². The summed E-state index contributed by atoms with van der Waals surface area (Å²) in [6.45, 7) is 0. The van der Waals surface area contributed by atoms with Crippen molar-refractivity contribution in [2.75, 3.05) is 4.90 Å². The smallest absolute Gasteiger partial charge is 0.0618 e. The van der Waals surface area contributed by atoms with Gasteiger partial charge in [-0.25, -0.2) is 0 Å². The third kappa shape index (κ3) is 6.66. The van der Waals surface area contributed by atoms with Gasteiger partial charge in [0.1, 0.15) is 0 Å². The molecule has 3 heteroatoms. The van der Waals surface area contributed by atoms with Crippen LogP contribution in [-0.4, -0.2) is 9.13 Å². The van der Waals surface area contributed by atoms with Gasteiger partial charge in [0.25, 0.3) is 0 Å². The van der Waals surface area contributed by atoms with Gasteiger partial charge < -0.3 is 14.0 Å². The quantitative estimate of drug-likeness (QED) is 0.139. The Morgan fingerprint density at radius 1 is 0.225 bits per heavy atom. The molecule has 0 aliphatic heterocycles. The van der Waals surface area contributed by atoms with Crippen molar-refractivity contribution >= 4 is 82.2 Å². The average Bonchev–Trinajstić information content (AvgIpc) is 3.96. The second-order valence-corrected chi connectivity index (χ2v) is 18.5. The largest absolute Gasteiger partial charge is 0.309 e. The second-order valence-electron chi connectivity index (χ2n) is 18.5. The molecule has 0 amide bonds. The van der Waals surface area contributed by atoms with Crippen molar-refractivity contribution in [2.45, 2.75) is 0 Å². The molecule has 2 aromatic heterocycles. The molecule has 0 atom stereocenters. The molecule has 332 valence electrons. The molecule has 0 N–H and O–H groups in total. The van der Waals surface area contributed by atoms with Crippen LogP contribution < -0.4 is 4.90 Å². The highest BCUT2D eigenvalue weighted by Gasteiger charge is 2.23. The number of rotatable bonds is 8. The maximum Gasteiger partial charge on any atom is 0.0618 e. The minimum atomic E-state index is 1.11. The Hall–Kier alpha value is -9.44. The van der Waals surface area contributed by atoms with E-state index in [0.717, 1.165) is 39.6 Å². The van der Waals surface area contributed by atoms with E-state index in [1.54, 1.807) is 0 Å². The summed E-state index contributed by atoms with van der Waals surface area (Å²) in [4.78, 5) is 2.43. The van der Waals surface area contributed by atoms with Crippen LogP contribution in [0.2, 0.25) is 0 Å². The van der Waals surface area contributed by atoms with Crippen molar-refractivity contribution in [3.8, 4) is 44.8 Å². The highest BCUT2D eigenvalue weighted by molar-refractivity contribution is 6.23. The highest BCUT2D eigenvalue weighted by Crippen LogP contribution is 2.49. The lowest BCUT2D eigenvalue weighted by Crippen LogP contribution is -2.11. The number of para-hydroxylation sites is 6. The van der Waals surface area contributed by atoms with E-state index in [2.05, 4.69) is 287 Å². The summed E-state index contributed by atoms with van der Waals surface area (Å²) in [6, 6.07) is 99.9. The Labute approximate surface area is 412 Å². The third-order valence-electron chi connectivity index (χ3n) is 14.4. The van der Waals surface area contributed by atoms with Gasteiger partial charge in [-0.1, -0.05) is 170 Å². The molecule has 3 nitrogen and oxygen atoms in total. The summed E-state index contributed by atoms with van der Waals surface area (Å²) in [7, 11) is 0. The first-order valence-corrected chi connectivity index (χ1v) is 24.4. The fourth-order valence-corrected chi connectivity index (χ4v) is 11.3. The van der Waals surface area contributed by atoms with Gasteiger partial charge in [-0.15, -0.1) is 0 Å².